The maximum atomic E-state index is 13.5. The van der Waals surface area contributed by atoms with Gasteiger partial charge in [0.25, 0.3) is 0 Å². The van der Waals surface area contributed by atoms with Crippen molar-refractivity contribution in [2.75, 3.05) is 27.2 Å². The van der Waals surface area contributed by atoms with E-state index in [2.05, 4.69) is 38.2 Å². The second kappa shape index (κ2) is 6.10. The van der Waals surface area contributed by atoms with Crippen molar-refractivity contribution in [3.8, 4) is 5.75 Å². The number of ether oxygens (including phenoxy) is 1. The zero-order valence-electron chi connectivity index (χ0n) is 12.9. The largest absolute Gasteiger partial charge is 0.487 e. The van der Waals surface area contributed by atoms with E-state index in [1.54, 1.807) is 12.1 Å². The molecule has 1 atom stereocenters. The molecule has 20 heavy (non-hydrogen) atoms. The Morgan fingerprint density at radius 2 is 2.15 bits per heavy atom. The Morgan fingerprint density at radius 3 is 2.85 bits per heavy atom. The van der Waals surface area contributed by atoms with Crippen LogP contribution in [0.1, 0.15) is 38.3 Å². The molecular weight excluding hydrogens is 255 g/mol. The summed E-state index contributed by atoms with van der Waals surface area (Å²) in [5.41, 5.74) is 0.721. The first-order valence-corrected chi connectivity index (χ1v) is 7.24. The topological polar surface area (TPSA) is 24.5 Å². The third-order valence-corrected chi connectivity index (χ3v) is 3.60. The minimum atomic E-state index is -0.218. The lowest BCUT2D eigenvalue weighted by molar-refractivity contribution is 0.0657. The molecule has 4 heteroatoms. The Balaban J connectivity index is 2.06. The van der Waals surface area contributed by atoms with Gasteiger partial charge in [0.2, 0.25) is 0 Å². The summed E-state index contributed by atoms with van der Waals surface area (Å²) in [7, 11) is 4.14. The number of nitrogens with one attached hydrogen (secondary N) is 1. The van der Waals surface area contributed by atoms with Gasteiger partial charge in [-0.3, -0.25) is 0 Å². The summed E-state index contributed by atoms with van der Waals surface area (Å²) < 4.78 is 19.4. The maximum Gasteiger partial charge on any atom is 0.125 e. The first-order chi connectivity index (χ1) is 9.37. The molecule has 0 saturated heterocycles. The van der Waals surface area contributed by atoms with Gasteiger partial charge in [0.1, 0.15) is 17.2 Å². The van der Waals surface area contributed by atoms with Gasteiger partial charge >= 0.3 is 0 Å². The number of hydrogen-bond acceptors (Lipinski definition) is 3. The molecule has 0 bridgehead atoms. The number of halogens is 1. The van der Waals surface area contributed by atoms with Crippen molar-refractivity contribution in [1.82, 2.24) is 10.2 Å². The molecule has 3 nitrogen and oxygen atoms in total. The van der Waals surface area contributed by atoms with Gasteiger partial charge in [-0.2, -0.15) is 0 Å². The third-order valence-electron chi connectivity index (χ3n) is 3.60. The van der Waals surface area contributed by atoms with E-state index in [0.717, 1.165) is 37.2 Å². The number of benzene rings is 1. The van der Waals surface area contributed by atoms with Crippen LogP contribution in [0.4, 0.5) is 4.39 Å². The molecule has 2 rings (SSSR count). The molecular formula is C16H25FN2O. The van der Waals surface area contributed by atoms with Crippen molar-refractivity contribution in [2.45, 2.75) is 38.3 Å². The molecule has 0 aromatic heterocycles. The fourth-order valence-corrected chi connectivity index (χ4v) is 2.68. The van der Waals surface area contributed by atoms with Crippen LogP contribution in [0.2, 0.25) is 0 Å². The molecule has 1 unspecified atom stereocenters. The van der Waals surface area contributed by atoms with Crippen LogP contribution in [0, 0.1) is 5.82 Å². The maximum absolute atomic E-state index is 13.5. The fourth-order valence-electron chi connectivity index (χ4n) is 2.68. The van der Waals surface area contributed by atoms with Crippen molar-refractivity contribution in [3.05, 3.63) is 29.6 Å². The van der Waals surface area contributed by atoms with Crippen LogP contribution in [-0.2, 0) is 0 Å². The molecule has 1 aliphatic heterocycles. The standard InChI is InChI=1S/C16H25FN2O/c1-16(2)11-14(18-8-5-9-19(3)4)13-10-12(17)6-7-15(13)20-16/h6-7,10,14,18H,5,8-9,11H2,1-4H3. The second-order valence-electron chi connectivity index (χ2n) is 6.41. The lowest BCUT2D eigenvalue weighted by Gasteiger charge is -2.38. The van der Waals surface area contributed by atoms with E-state index >= 15 is 0 Å². The van der Waals surface area contributed by atoms with Gasteiger partial charge in [0.15, 0.2) is 0 Å². The molecule has 112 valence electrons. The van der Waals surface area contributed by atoms with Crippen molar-refractivity contribution < 1.29 is 9.13 Å². The van der Waals surface area contributed by atoms with Crippen LogP contribution in [-0.4, -0.2) is 37.7 Å². The Bertz CT molecular complexity index is 460. The summed E-state index contributed by atoms with van der Waals surface area (Å²) in [6, 6.07) is 4.95. The highest BCUT2D eigenvalue weighted by molar-refractivity contribution is 5.39. The number of fused-ring (bicyclic) bond motifs is 1. The fraction of sp³-hybridized carbons (Fsp3) is 0.625. The summed E-state index contributed by atoms with van der Waals surface area (Å²) in [5, 5.41) is 3.54. The van der Waals surface area contributed by atoms with Crippen molar-refractivity contribution in [1.29, 1.82) is 0 Å². The Labute approximate surface area is 121 Å². The quantitative estimate of drug-likeness (QED) is 0.839. The molecule has 0 radical (unpaired) electrons. The first-order valence-electron chi connectivity index (χ1n) is 7.24. The van der Waals surface area contributed by atoms with Gasteiger partial charge in [-0.05, 0) is 65.7 Å². The Kier molecular flexibility index (Phi) is 4.66. The SMILES string of the molecule is CN(C)CCCNC1CC(C)(C)Oc2ccc(F)cc21. The molecule has 1 N–H and O–H groups in total. The summed E-state index contributed by atoms with van der Waals surface area (Å²) in [6.45, 7) is 6.13. The first kappa shape index (κ1) is 15.3. The molecule has 1 heterocycles. The van der Waals surface area contributed by atoms with Crippen molar-refractivity contribution >= 4 is 0 Å². The van der Waals surface area contributed by atoms with Crippen LogP contribution >= 0.6 is 0 Å². The lowest BCUT2D eigenvalue weighted by Crippen LogP contribution is -2.40. The highest BCUT2D eigenvalue weighted by atomic mass is 19.1. The highest BCUT2D eigenvalue weighted by Crippen LogP contribution is 2.39. The van der Waals surface area contributed by atoms with E-state index in [-0.39, 0.29) is 17.5 Å². The predicted molar refractivity (Wildman–Crippen MR) is 79.6 cm³/mol. The summed E-state index contributed by atoms with van der Waals surface area (Å²) in [5.74, 6) is 0.597. The van der Waals surface area contributed by atoms with Crippen LogP contribution in [0.25, 0.3) is 0 Å². The normalized spacial score (nSPS) is 20.6. The monoisotopic (exact) mass is 280 g/mol. The number of nitrogens with zero attached hydrogens (tertiary/aromatic N) is 1. The van der Waals surface area contributed by atoms with Gasteiger partial charge in [-0.1, -0.05) is 0 Å². The molecule has 1 aromatic rings. The average Bonchev–Trinajstić information content (AvgIpc) is 2.34. The number of hydrogen-bond donors (Lipinski definition) is 1. The minimum Gasteiger partial charge on any atom is -0.487 e. The van der Waals surface area contributed by atoms with Crippen LogP contribution in [0.5, 0.6) is 5.75 Å². The van der Waals surface area contributed by atoms with E-state index in [0.29, 0.717) is 0 Å². The zero-order chi connectivity index (χ0) is 14.8. The summed E-state index contributed by atoms with van der Waals surface area (Å²) >= 11 is 0. The van der Waals surface area contributed by atoms with Gasteiger partial charge in [-0.25, -0.2) is 4.39 Å². The summed E-state index contributed by atoms with van der Waals surface area (Å²) in [4.78, 5) is 2.17. The highest BCUT2D eigenvalue weighted by Gasteiger charge is 2.33. The molecule has 1 aromatic carbocycles. The third kappa shape index (κ3) is 3.93. The van der Waals surface area contributed by atoms with E-state index in [9.17, 15) is 4.39 Å². The van der Waals surface area contributed by atoms with E-state index in [1.165, 1.54) is 6.07 Å². The van der Waals surface area contributed by atoms with E-state index in [1.807, 2.05) is 0 Å². The predicted octanol–water partition coefficient (Wildman–Crippen LogP) is 2.97. The van der Waals surface area contributed by atoms with Crippen LogP contribution < -0.4 is 10.1 Å². The van der Waals surface area contributed by atoms with Crippen molar-refractivity contribution in [3.63, 3.8) is 0 Å². The van der Waals surface area contributed by atoms with Gasteiger partial charge in [-0.15, -0.1) is 0 Å². The van der Waals surface area contributed by atoms with Crippen molar-refractivity contribution in [2.24, 2.45) is 0 Å². The van der Waals surface area contributed by atoms with Crippen LogP contribution in [0.3, 0.4) is 0 Å². The molecule has 0 saturated carbocycles. The van der Waals surface area contributed by atoms with Gasteiger partial charge < -0.3 is 15.0 Å². The molecule has 1 aliphatic rings. The Morgan fingerprint density at radius 1 is 1.40 bits per heavy atom. The average molecular weight is 280 g/mol. The smallest absolute Gasteiger partial charge is 0.125 e. The summed E-state index contributed by atoms with van der Waals surface area (Å²) in [6.07, 6.45) is 1.93. The van der Waals surface area contributed by atoms with Crippen LogP contribution in [0.15, 0.2) is 18.2 Å². The number of rotatable bonds is 5. The molecule has 0 spiro atoms. The Hall–Kier alpha value is -1.13. The van der Waals surface area contributed by atoms with E-state index < -0.39 is 0 Å². The molecule has 0 aliphatic carbocycles. The zero-order valence-corrected chi connectivity index (χ0v) is 12.9. The molecule has 0 amide bonds. The lowest BCUT2D eigenvalue weighted by atomic mass is 9.89. The second-order valence-corrected chi connectivity index (χ2v) is 6.41. The van der Waals surface area contributed by atoms with Gasteiger partial charge in [0.05, 0.1) is 0 Å². The van der Waals surface area contributed by atoms with E-state index in [4.69, 9.17) is 4.74 Å². The molecule has 0 fully saturated rings. The minimum absolute atomic E-state index is 0.159. The van der Waals surface area contributed by atoms with Gasteiger partial charge in [0, 0.05) is 18.0 Å².